The van der Waals surface area contributed by atoms with Crippen LogP contribution in [-0.4, -0.2) is 0 Å². The van der Waals surface area contributed by atoms with E-state index >= 15 is 0 Å². The van der Waals surface area contributed by atoms with Gasteiger partial charge >= 0.3 is 0 Å². The fourth-order valence-electron chi connectivity index (χ4n) is 8.51. The molecule has 234 valence electrons. The van der Waals surface area contributed by atoms with Gasteiger partial charge in [0, 0.05) is 27.1 Å². The van der Waals surface area contributed by atoms with Crippen molar-refractivity contribution >= 4 is 71.5 Å². The first-order valence-corrected chi connectivity index (χ1v) is 17.4. The second kappa shape index (κ2) is 10.6. The molecule has 10 aromatic rings. The molecule has 2 nitrogen and oxygen atoms in total. The fraction of sp³-hybridized carbons (Fsp3) is 0.0417. The van der Waals surface area contributed by atoms with Crippen LogP contribution in [0.4, 0.5) is 0 Å². The smallest absolute Gasteiger partial charge is 0.139 e. The highest BCUT2D eigenvalue weighted by Gasteiger charge is 2.22. The first-order valence-electron chi connectivity index (χ1n) is 17.4. The van der Waals surface area contributed by atoms with Gasteiger partial charge < -0.3 is 8.83 Å². The van der Waals surface area contributed by atoms with E-state index in [-0.39, 0.29) is 0 Å². The van der Waals surface area contributed by atoms with Crippen LogP contribution >= 0.6 is 0 Å². The van der Waals surface area contributed by atoms with Crippen molar-refractivity contribution in [3.05, 3.63) is 163 Å². The second-order valence-corrected chi connectivity index (χ2v) is 13.5. The van der Waals surface area contributed by atoms with Crippen molar-refractivity contribution in [1.29, 1.82) is 0 Å². The molecule has 2 aromatic heterocycles. The van der Waals surface area contributed by atoms with Crippen molar-refractivity contribution in [2.24, 2.45) is 0 Å². The lowest BCUT2D eigenvalue weighted by atomic mass is 9.84. The first-order chi connectivity index (χ1) is 24.8. The van der Waals surface area contributed by atoms with E-state index in [4.69, 9.17) is 8.83 Å². The quantitative estimate of drug-likeness (QED) is 0.180. The Hall–Kier alpha value is -6.38. The molecular formula is C48H30O2. The number of fused-ring (bicyclic) bond motifs is 10. The molecule has 8 aromatic carbocycles. The molecule has 1 aliphatic carbocycles. The highest BCUT2D eigenvalue weighted by atomic mass is 16.3. The van der Waals surface area contributed by atoms with Gasteiger partial charge in [0.25, 0.3) is 0 Å². The number of para-hydroxylation sites is 1. The number of furan rings is 2. The number of rotatable bonds is 3. The predicted octanol–water partition coefficient (Wildman–Crippen LogP) is 13.8. The van der Waals surface area contributed by atoms with Gasteiger partial charge in [-0.1, -0.05) is 121 Å². The molecule has 0 saturated heterocycles. The number of hydrogen-bond donors (Lipinski definition) is 0. The van der Waals surface area contributed by atoms with Gasteiger partial charge in [-0.05, 0) is 110 Å². The maximum absolute atomic E-state index is 6.69. The molecule has 0 unspecified atom stereocenters. The van der Waals surface area contributed by atoms with Crippen molar-refractivity contribution in [2.45, 2.75) is 12.8 Å². The Morgan fingerprint density at radius 3 is 1.90 bits per heavy atom. The molecule has 0 fully saturated rings. The highest BCUT2D eigenvalue weighted by molar-refractivity contribution is 6.26. The summed E-state index contributed by atoms with van der Waals surface area (Å²) in [4.78, 5) is 0. The second-order valence-electron chi connectivity index (χ2n) is 13.5. The third-order valence-corrected chi connectivity index (χ3v) is 10.7. The average Bonchev–Trinajstić information content (AvgIpc) is 3.75. The molecule has 0 N–H and O–H groups in total. The monoisotopic (exact) mass is 638 g/mol. The Balaban J connectivity index is 1.16. The molecule has 2 heteroatoms. The van der Waals surface area contributed by atoms with Crippen molar-refractivity contribution in [3.8, 4) is 33.4 Å². The Kier molecular flexibility index (Phi) is 5.82. The van der Waals surface area contributed by atoms with Crippen molar-refractivity contribution < 1.29 is 8.83 Å². The maximum atomic E-state index is 6.69. The zero-order valence-corrected chi connectivity index (χ0v) is 27.2. The van der Waals surface area contributed by atoms with E-state index in [9.17, 15) is 0 Å². The summed E-state index contributed by atoms with van der Waals surface area (Å²) in [5.74, 6) is 0. The van der Waals surface area contributed by atoms with Crippen LogP contribution in [0.5, 0.6) is 0 Å². The Bertz CT molecular complexity index is 2980. The van der Waals surface area contributed by atoms with Gasteiger partial charge in [-0.25, -0.2) is 0 Å². The van der Waals surface area contributed by atoms with Crippen molar-refractivity contribution in [3.63, 3.8) is 0 Å². The molecular weight excluding hydrogens is 609 g/mol. The van der Waals surface area contributed by atoms with Crippen LogP contribution in [0.15, 0.2) is 161 Å². The Labute approximate surface area is 288 Å². The summed E-state index contributed by atoms with van der Waals surface area (Å²) < 4.78 is 12.8. The van der Waals surface area contributed by atoms with Crippen molar-refractivity contribution in [1.82, 2.24) is 0 Å². The van der Waals surface area contributed by atoms with Gasteiger partial charge in [-0.15, -0.1) is 0 Å². The zero-order chi connectivity index (χ0) is 32.8. The van der Waals surface area contributed by atoms with Gasteiger partial charge in [0.15, 0.2) is 0 Å². The van der Waals surface area contributed by atoms with Crippen LogP contribution in [-0.2, 0) is 6.42 Å². The van der Waals surface area contributed by atoms with Crippen LogP contribution in [0.1, 0.15) is 17.5 Å². The Morgan fingerprint density at radius 2 is 1.08 bits per heavy atom. The molecule has 2 heterocycles. The first kappa shape index (κ1) is 27.6. The van der Waals surface area contributed by atoms with Crippen molar-refractivity contribution in [2.75, 3.05) is 0 Å². The van der Waals surface area contributed by atoms with Gasteiger partial charge in [0.2, 0.25) is 0 Å². The third-order valence-electron chi connectivity index (χ3n) is 10.7. The number of allylic oxidation sites excluding steroid dienone is 1. The molecule has 0 aliphatic heterocycles. The summed E-state index contributed by atoms with van der Waals surface area (Å²) >= 11 is 0. The largest absolute Gasteiger partial charge is 0.456 e. The van der Waals surface area contributed by atoms with Gasteiger partial charge in [0.05, 0.1) is 0 Å². The van der Waals surface area contributed by atoms with Crippen LogP contribution < -0.4 is 0 Å². The standard InChI is InChI=1S/C48H30O2/c1-2-14-33-29(11-1)23-25-40-47-39(20-10-22-44(47)50-48(33)40)46-37-18-5-3-16-35(37)45(36-17-4-6-19-38(36)46)32-13-9-12-30(27-32)31-24-26-43-41(28-31)34-15-7-8-21-42(34)49-43/h1,3-13,15-28H,2,14H2. The van der Waals surface area contributed by atoms with Gasteiger partial charge in [-0.2, -0.15) is 0 Å². The molecule has 0 bridgehead atoms. The van der Waals surface area contributed by atoms with E-state index in [0.717, 1.165) is 45.9 Å². The van der Waals surface area contributed by atoms with Crippen LogP contribution in [0.3, 0.4) is 0 Å². The summed E-state index contributed by atoms with van der Waals surface area (Å²) in [6, 6.07) is 52.7. The van der Waals surface area contributed by atoms with E-state index < -0.39 is 0 Å². The number of benzene rings is 8. The van der Waals surface area contributed by atoms with Crippen LogP contribution in [0, 0.1) is 0 Å². The lowest BCUT2D eigenvalue weighted by molar-refractivity contribution is 0.661. The summed E-state index contributed by atoms with van der Waals surface area (Å²) in [5, 5.41) is 9.61. The summed E-state index contributed by atoms with van der Waals surface area (Å²) in [6.07, 6.45) is 6.55. The molecule has 0 amide bonds. The average molecular weight is 639 g/mol. The minimum absolute atomic E-state index is 0.913. The minimum Gasteiger partial charge on any atom is -0.456 e. The molecule has 50 heavy (non-hydrogen) atoms. The molecule has 1 aliphatic rings. The molecule has 0 spiro atoms. The summed E-state index contributed by atoms with van der Waals surface area (Å²) in [5.41, 5.74) is 13.6. The third kappa shape index (κ3) is 3.96. The summed E-state index contributed by atoms with van der Waals surface area (Å²) in [6.45, 7) is 0. The minimum atomic E-state index is 0.913. The summed E-state index contributed by atoms with van der Waals surface area (Å²) in [7, 11) is 0. The maximum Gasteiger partial charge on any atom is 0.139 e. The van der Waals surface area contributed by atoms with E-state index in [1.54, 1.807) is 0 Å². The fourth-order valence-corrected chi connectivity index (χ4v) is 8.51. The SMILES string of the molecule is C1=Cc2ccc3c(oc4cccc(-c5c6ccccc6c(-c6cccc(-c7ccc8oc9ccccc9c8c7)c6)c6ccccc56)c43)c2CC1. The van der Waals surface area contributed by atoms with E-state index in [1.807, 2.05) is 12.1 Å². The van der Waals surface area contributed by atoms with E-state index in [0.29, 0.717) is 0 Å². The highest BCUT2D eigenvalue weighted by Crippen LogP contribution is 2.48. The number of hydrogen-bond acceptors (Lipinski definition) is 2. The molecule has 0 saturated carbocycles. The lowest BCUT2D eigenvalue weighted by Gasteiger charge is -2.18. The van der Waals surface area contributed by atoms with E-state index in [2.05, 4.69) is 146 Å². The van der Waals surface area contributed by atoms with Gasteiger partial charge in [0.1, 0.15) is 22.3 Å². The predicted molar refractivity (Wildman–Crippen MR) is 210 cm³/mol. The topological polar surface area (TPSA) is 26.3 Å². The van der Waals surface area contributed by atoms with Crippen LogP contribution in [0.25, 0.3) is 105 Å². The molecule has 11 rings (SSSR count). The lowest BCUT2D eigenvalue weighted by Crippen LogP contribution is -1.94. The Morgan fingerprint density at radius 1 is 0.420 bits per heavy atom. The number of aryl methyl sites for hydroxylation is 1. The van der Waals surface area contributed by atoms with Gasteiger partial charge in [-0.3, -0.25) is 0 Å². The zero-order valence-electron chi connectivity index (χ0n) is 27.2. The molecule has 0 radical (unpaired) electrons. The molecule has 0 atom stereocenters. The normalized spacial score (nSPS) is 13.0. The van der Waals surface area contributed by atoms with E-state index in [1.165, 1.54) is 76.8 Å². The van der Waals surface area contributed by atoms with Crippen LogP contribution in [0.2, 0.25) is 0 Å².